The highest BCUT2D eigenvalue weighted by Gasteiger charge is 2.30. The highest BCUT2D eigenvalue weighted by atomic mass is 19.4. The lowest BCUT2D eigenvalue weighted by Gasteiger charge is -2.06. The number of non-ortho nitro benzene ring substituents is 1. The van der Waals surface area contributed by atoms with E-state index in [0.717, 1.165) is 12.1 Å². The van der Waals surface area contributed by atoms with Crippen molar-refractivity contribution in [1.82, 2.24) is 4.98 Å². The number of nitro benzene ring substituents is 1. The van der Waals surface area contributed by atoms with Crippen molar-refractivity contribution in [2.45, 2.75) is 6.18 Å². The van der Waals surface area contributed by atoms with Crippen molar-refractivity contribution in [3.8, 4) is 6.07 Å². The zero-order valence-electron chi connectivity index (χ0n) is 11.4. The Hall–Kier alpha value is -3.21. The Kier molecular flexibility index (Phi) is 4.41. The van der Waals surface area contributed by atoms with E-state index in [9.17, 15) is 23.3 Å². The molecule has 0 aliphatic carbocycles. The molecule has 2 rings (SSSR count). The number of rotatable bonds is 3. The van der Waals surface area contributed by atoms with Gasteiger partial charge < -0.3 is 0 Å². The van der Waals surface area contributed by atoms with Crippen molar-refractivity contribution in [2.75, 3.05) is 0 Å². The molecular formula is C15H8F3N3O2. The number of nitro groups is 1. The van der Waals surface area contributed by atoms with Crippen LogP contribution in [0.15, 0.2) is 42.6 Å². The summed E-state index contributed by atoms with van der Waals surface area (Å²) in [6, 6.07) is 9.24. The first-order valence-corrected chi connectivity index (χ1v) is 6.21. The smallest absolute Gasteiger partial charge is 0.258 e. The fraction of sp³-hybridized carbons (Fsp3) is 0.0667. The summed E-state index contributed by atoms with van der Waals surface area (Å²) in [7, 11) is 0. The maximum atomic E-state index is 12.5. The summed E-state index contributed by atoms with van der Waals surface area (Å²) < 4.78 is 37.5. The second-order valence-corrected chi connectivity index (χ2v) is 4.45. The molecule has 8 heteroatoms. The number of halogens is 3. The Labute approximate surface area is 128 Å². The third-order valence-corrected chi connectivity index (χ3v) is 2.88. The number of alkyl halides is 3. The van der Waals surface area contributed by atoms with Gasteiger partial charge in [-0.3, -0.25) is 15.1 Å². The van der Waals surface area contributed by atoms with E-state index >= 15 is 0 Å². The molecule has 1 aromatic heterocycles. The third kappa shape index (κ3) is 3.91. The molecule has 23 heavy (non-hydrogen) atoms. The van der Waals surface area contributed by atoms with Gasteiger partial charge in [-0.15, -0.1) is 0 Å². The van der Waals surface area contributed by atoms with Gasteiger partial charge in [0.2, 0.25) is 0 Å². The lowest BCUT2D eigenvalue weighted by Crippen LogP contribution is -2.05. The molecule has 0 atom stereocenters. The number of hydrogen-bond acceptors (Lipinski definition) is 4. The first-order valence-electron chi connectivity index (χ1n) is 6.21. The number of nitrogens with zero attached hydrogens (tertiary/aromatic N) is 3. The van der Waals surface area contributed by atoms with E-state index in [4.69, 9.17) is 5.26 Å². The molecule has 1 aromatic carbocycles. The van der Waals surface area contributed by atoms with Crippen LogP contribution in [-0.4, -0.2) is 9.91 Å². The van der Waals surface area contributed by atoms with E-state index in [1.165, 1.54) is 30.3 Å². The molecule has 1 heterocycles. The number of nitriles is 1. The summed E-state index contributed by atoms with van der Waals surface area (Å²) in [6.45, 7) is 0. The summed E-state index contributed by atoms with van der Waals surface area (Å²) in [5, 5.41) is 19.8. The Bertz CT molecular complexity index is 806. The molecule has 0 bridgehead atoms. The van der Waals surface area contributed by atoms with E-state index in [2.05, 4.69) is 4.98 Å². The molecule has 0 amide bonds. The van der Waals surface area contributed by atoms with Crippen LogP contribution in [0.5, 0.6) is 0 Å². The average molecular weight is 319 g/mol. The number of aromatic nitrogens is 1. The predicted octanol–water partition coefficient (Wildman–Crippen LogP) is 4.07. The van der Waals surface area contributed by atoms with Crippen LogP contribution in [0.4, 0.5) is 18.9 Å². The standard InChI is InChI=1S/C15H8F3N3O2/c16-15(17,18)12-4-5-14(20-9-12)11(8-19)6-10-2-1-3-13(7-10)21(22)23/h1-7,9H. The molecule has 0 fully saturated rings. The van der Waals surface area contributed by atoms with Crippen molar-refractivity contribution in [3.63, 3.8) is 0 Å². The van der Waals surface area contributed by atoms with Crippen LogP contribution >= 0.6 is 0 Å². The predicted molar refractivity (Wildman–Crippen MR) is 75.8 cm³/mol. The second-order valence-electron chi connectivity index (χ2n) is 4.45. The maximum absolute atomic E-state index is 12.5. The van der Waals surface area contributed by atoms with Crippen molar-refractivity contribution in [2.24, 2.45) is 0 Å². The summed E-state index contributed by atoms with van der Waals surface area (Å²) in [5.74, 6) is 0. The van der Waals surface area contributed by atoms with Crippen LogP contribution in [0, 0.1) is 21.4 Å². The maximum Gasteiger partial charge on any atom is 0.417 e. The minimum atomic E-state index is -4.51. The van der Waals surface area contributed by atoms with Crippen molar-refractivity contribution >= 4 is 17.3 Å². The molecule has 0 radical (unpaired) electrons. The van der Waals surface area contributed by atoms with Gasteiger partial charge in [0.25, 0.3) is 5.69 Å². The van der Waals surface area contributed by atoms with Crippen molar-refractivity contribution < 1.29 is 18.1 Å². The lowest BCUT2D eigenvalue weighted by atomic mass is 10.1. The molecule has 0 saturated carbocycles. The average Bonchev–Trinajstić information content (AvgIpc) is 2.52. The van der Waals surface area contributed by atoms with Gasteiger partial charge in [0.1, 0.15) is 6.07 Å². The topological polar surface area (TPSA) is 79.8 Å². The van der Waals surface area contributed by atoms with Crippen molar-refractivity contribution in [1.29, 1.82) is 5.26 Å². The number of allylic oxidation sites excluding steroid dienone is 1. The molecule has 0 saturated heterocycles. The molecular weight excluding hydrogens is 311 g/mol. The summed E-state index contributed by atoms with van der Waals surface area (Å²) in [5.41, 5.74) is -0.658. The van der Waals surface area contributed by atoms with Gasteiger partial charge in [0.05, 0.1) is 21.8 Å². The third-order valence-electron chi connectivity index (χ3n) is 2.88. The quantitative estimate of drug-likeness (QED) is 0.485. The number of hydrogen-bond donors (Lipinski definition) is 0. The SMILES string of the molecule is N#CC(=Cc1cccc([N+](=O)[O-])c1)c1ccc(C(F)(F)F)cn1. The van der Waals surface area contributed by atoms with Crippen molar-refractivity contribution in [3.05, 3.63) is 69.5 Å². The second kappa shape index (κ2) is 6.27. The molecule has 116 valence electrons. The Morgan fingerprint density at radius 3 is 2.57 bits per heavy atom. The number of benzene rings is 1. The van der Waals surface area contributed by atoms with Crippen LogP contribution in [0.25, 0.3) is 11.6 Å². The van der Waals surface area contributed by atoms with E-state index in [0.29, 0.717) is 11.8 Å². The van der Waals surface area contributed by atoms with E-state index in [-0.39, 0.29) is 17.0 Å². The van der Waals surface area contributed by atoms with Crippen LogP contribution < -0.4 is 0 Å². The first kappa shape index (κ1) is 16.2. The van der Waals surface area contributed by atoms with Gasteiger partial charge >= 0.3 is 6.18 Å². The molecule has 0 aliphatic heterocycles. The highest BCUT2D eigenvalue weighted by Crippen LogP contribution is 2.29. The summed E-state index contributed by atoms with van der Waals surface area (Å²) in [6.07, 6.45) is -2.56. The molecule has 0 unspecified atom stereocenters. The first-order chi connectivity index (χ1) is 10.8. The van der Waals surface area contributed by atoms with Gasteiger partial charge in [0.15, 0.2) is 0 Å². The van der Waals surface area contributed by atoms with Crippen LogP contribution in [0.2, 0.25) is 0 Å². The minimum absolute atomic E-state index is 0.000720. The number of pyridine rings is 1. The molecule has 0 aliphatic rings. The van der Waals surface area contributed by atoms with E-state index < -0.39 is 16.7 Å². The van der Waals surface area contributed by atoms with E-state index in [1.807, 2.05) is 6.07 Å². The molecule has 5 nitrogen and oxygen atoms in total. The Morgan fingerprint density at radius 1 is 1.30 bits per heavy atom. The Balaban J connectivity index is 2.38. The zero-order chi connectivity index (χ0) is 17.0. The Morgan fingerprint density at radius 2 is 2.04 bits per heavy atom. The van der Waals surface area contributed by atoms with Gasteiger partial charge in [0, 0.05) is 18.3 Å². The zero-order valence-corrected chi connectivity index (χ0v) is 11.4. The van der Waals surface area contributed by atoms with E-state index in [1.54, 1.807) is 0 Å². The minimum Gasteiger partial charge on any atom is -0.258 e. The largest absolute Gasteiger partial charge is 0.417 e. The van der Waals surface area contributed by atoms with Gasteiger partial charge in [-0.2, -0.15) is 18.4 Å². The monoisotopic (exact) mass is 319 g/mol. The van der Waals surface area contributed by atoms with Crippen LogP contribution in [-0.2, 0) is 6.18 Å². The summed E-state index contributed by atoms with van der Waals surface area (Å²) in [4.78, 5) is 13.8. The summed E-state index contributed by atoms with van der Waals surface area (Å²) >= 11 is 0. The van der Waals surface area contributed by atoms with Gasteiger partial charge in [-0.05, 0) is 23.8 Å². The van der Waals surface area contributed by atoms with Gasteiger partial charge in [-0.25, -0.2) is 0 Å². The van der Waals surface area contributed by atoms with Gasteiger partial charge in [-0.1, -0.05) is 12.1 Å². The lowest BCUT2D eigenvalue weighted by molar-refractivity contribution is -0.384. The van der Waals surface area contributed by atoms with Crippen LogP contribution in [0.3, 0.4) is 0 Å². The highest BCUT2D eigenvalue weighted by molar-refractivity contribution is 5.88. The fourth-order valence-corrected chi connectivity index (χ4v) is 1.78. The molecule has 2 aromatic rings. The normalized spacial score (nSPS) is 11.8. The fourth-order valence-electron chi connectivity index (χ4n) is 1.78. The molecule has 0 N–H and O–H groups in total. The van der Waals surface area contributed by atoms with Crippen LogP contribution in [0.1, 0.15) is 16.8 Å². The molecule has 0 spiro atoms.